The first kappa shape index (κ1) is 24.3. The number of furan rings is 1. The zero-order valence-electron chi connectivity index (χ0n) is 20.0. The number of carbonyl (C=O) groups is 3. The van der Waals surface area contributed by atoms with Gasteiger partial charge < -0.3 is 28.7 Å². The maximum Gasteiger partial charge on any atom is 0.339 e. The molecule has 9 nitrogen and oxygen atoms in total. The van der Waals surface area contributed by atoms with Crippen molar-refractivity contribution in [3.8, 4) is 22.8 Å². The van der Waals surface area contributed by atoms with Gasteiger partial charge >= 0.3 is 11.9 Å². The Labute approximate surface area is 206 Å². The Balaban J connectivity index is 1.86. The lowest BCUT2D eigenvalue weighted by atomic mass is 10.0. The van der Waals surface area contributed by atoms with Crippen LogP contribution in [0.15, 0.2) is 65.1 Å². The zero-order valence-corrected chi connectivity index (χ0v) is 20.0. The van der Waals surface area contributed by atoms with Crippen LogP contribution in [0.1, 0.15) is 31.1 Å². The summed E-state index contributed by atoms with van der Waals surface area (Å²) in [6.45, 7) is 0. The third kappa shape index (κ3) is 4.58. The van der Waals surface area contributed by atoms with E-state index in [1.807, 2.05) is 0 Å². The van der Waals surface area contributed by atoms with E-state index in [1.165, 1.54) is 39.5 Å². The lowest BCUT2D eigenvalue weighted by Crippen LogP contribution is -2.17. The molecule has 4 aromatic rings. The zero-order chi connectivity index (χ0) is 25.8. The fourth-order valence-corrected chi connectivity index (χ4v) is 3.74. The highest BCUT2D eigenvalue weighted by Gasteiger charge is 2.25. The van der Waals surface area contributed by atoms with Gasteiger partial charge in [-0.3, -0.25) is 4.79 Å². The Morgan fingerprint density at radius 1 is 0.750 bits per heavy atom. The van der Waals surface area contributed by atoms with E-state index in [4.69, 9.17) is 23.4 Å². The van der Waals surface area contributed by atoms with E-state index in [9.17, 15) is 14.4 Å². The molecule has 0 unspecified atom stereocenters. The number of esters is 2. The molecule has 0 aliphatic carbocycles. The first-order valence-corrected chi connectivity index (χ1v) is 10.8. The van der Waals surface area contributed by atoms with Crippen LogP contribution < -0.4 is 14.8 Å². The molecule has 184 valence electrons. The Morgan fingerprint density at radius 3 is 2.06 bits per heavy atom. The number of methoxy groups -OCH3 is 4. The van der Waals surface area contributed by atoms with Crippen molar-refractivity contribution in [2.24, 2.45) is 0 Å². The molecule has 0 radical (unpaired) electrons. The Morgan fingerprint density at radius 2 is 1.42 bits per heavy atom. The molecular weight excluding hydrogens is 466 g/mol. The van der Waals surface area contributed by atoms with E-state index >= 15 is 0 Å². The van der Waals surface area contributed by atoms with Crippen molar-refractivity contribution in [3.05, 3.63) is 77.4 Å². The van der Waals surface area contributed by atoms with E-state index in [-0.39, 0.29) is 22.4 Å². The summed E-state index contributed by atoms with van der Waals surface area (Å²) in [5.74, 6) is -0.399. The first-order valence-electron chi connectivity index (χ1n) is 10.8. The summed E-state index contributed by atoms with van der Waals surface area (Å²) in [7, 11) is 5.54. The molecule has 0 bridgehead atoms. The quantitative estimate of drug-likeness (QED) is 0.363. The van der Waals surface area contributed by atoms with Crippen LogP contribution >= 0.6 is 0 Å². The molecule has 0 aliphatic rings. The molecule has 36 heavy (non-hydrogen) atoms. The van der Waals surface area contributed by atoms with Crippen molar-refractivity contribution < 1.29 is 37.7 Å². The highest BCUT2D eigenvalue weighted by molar-refractivity contribution is 6.18. The van der Waals surface area contributed by atoms with E-state index in [0.717, 1.165) is 0 Å². The summed E-state index contributed by atoms with van der Waals surface area (Å²) in [5, 5.41) is 3.24. The normalized spacial score (nSPS) is 10.6. The number of amides is 1. The molecule has 1 aromatic heterocycles. The van der Waals surface area contributed by atoms with Crippen molar-refractivity contribution in [1.82, 2.24) is 0 Å². The van der Waals surface area contributed by atoms with Gasteiger partial charge in [-0.2, -0.15) is 0 Å². The van der Waals surface area contributed by atoms with Crippen LogP contribution in [0.3, 0.4) is 0 Å². The number of anilines is 1. The van der Waals surface area contributed by atoms with Crippen LogP contribution in [-0.2, 0) is 9.47 Å². The van der Waals surface area contributed by atoms with Gasteiger partial charge in [-0.25, -0.2) is 9.59 Å². The summed E-state index contributed by atoms with van der Waals surface area (Å²) in [5.41, 5.74) is 1.60. The van der Waals surface area contributed by atoms with Crippen molar-refractivity contribution in [3.63, 3.8) is 0 Å². The number of hydrogen-bond acceptors (Lipinski definition) is 8. The molecule has 1 heterocycles. The molecular formula is C27H23NO8. The van der Waals surface area contributed by atoms with Crippen molar-refractivity contribution in [2.45, 2.75) is 0 Å². The molecule has 1 N–H and O–H groups in total. The van der Waals surface area contributed by atoms with Crippen molar-refractivity contribution in [2.75, 3.05) is 33.8 Å². The number of nitrogens with one attached hydrogen (secondary N) is 1. The molecule has 0 spiro atoms. The second kappa shape index (κ2) is 10.2. The van der Waals surface area contributed by atoms with Gasteiger partial charge in [0.25, 0.3) is 5.91 Å². The smallest absolute Gasteiger partial charge is 0.339 e. The van der Waals surface area contributed by atoms with Gasteiger partial charge in [0.15, 0.2) is 0 Å². The van der Waals surface area contributed by atoms with Gasteiger partial charge in [-0.1, -0.05) is 0 Å². The average molecular weight is 489 g/mol. The minimum Gasteiger partial charge on any atom is -0.497 e. The topological polar surface area (TPSA) is 113 Å². The maximum atomic E-state index is 13.7. The Kier molecular flexibility index (Phi) is 6.91. The number of benzene rings is 3. The summed E-state index contributed by atoms with van der Waals surface area (Å²) >= 11 is 0. The maximum absolute atomic E-state index is 13.7. The van der Waals surface area contributed by atoms with E-state index in [2.05, 4.69) is 5.32 Å². The highest BCUT2D eigenvalue weighted by atomic mass is 16.5. The van der Waals surface area contributed by atoms with E-state index in [0.29, 0.717) is 33.8 Å². The van der Waals surface area contributed by atoms with Gasteiger partial charge in [0.05, 0.1) is 50.8 Å². The first-order chi connectivity index (χ1) is 17.4. The van der Waals surface area contributed by atoms with Gasteiger partial charge in [-0.15, -0.1) is 0 Å². The molecule has 0 saturated heterocycles. The van der Waals surface area contributed by atoms with E-state index in [1.54, 1.807) is 49.6 Å². The Bertz CT molecular complexity index is 1450. The molecule has 4 rings (SSSR count). The largest absolute Gasteiger partial charge is 0.497 e. The summed E-state index contributed by atoms with van der Waals surface area (Å²) in [6.07, 6.45) is 0. The molecule has 0 fully saturated rings. The highest BCUT2D eigenvalue weighted by Crippen LogP contribution is 2.37. The van der Waals surface area contributed by atoms with Crippen LogP contribution in [0.2, 0.25) is 0 Å². The van der Waals surface area contributed by atoms with Gasteiger partial charge in [0.1, 0.15) is 22.8 Å². The van der Waals surface area contributed by atoms with Crippen LogP contribution in [0.5, 0.6) is 11.5 Å². The summed E-state index contributed by atoms with van der Waals surface area (Å²) < 4.78 is 26.2. The van der Waals surface area contributed by atoms with E-state index < -0.39 is 17.8 Å². The molecule has 0 saturated carbocycles. The van der Waals surface area contributed by atoms with Crippen molar-refractivity contribution >= 4 is 34.5 Å². The number of carbonyl (C=O) groups excluding carboxylic acids is 3. The fraction of sp³-hybridized carbons (Fsp3) is 0.148. The predicted octanol–water partition coefficient (Wildman–Crippen LogP) is 4.94. The molecule has 3 aromatic carbocycles. The lowest BCUT2D eigenvalue weighted by molar-refractivity contribution is 0.0587. The Hall–Kier alpha value is -4.79. The minimum absolute atomic E-state index is 0.0647. The third-order valence-electron chi connectivity index (χ3n) is 5.57. The number of rotatable bonds is 7. The minimum atomic E-state index is -0.684. The summed E-state index contributed by atoms with van der Waals surface area (Å²) in [4.78, 5) is 38.2. The van der Waals surface area contributed by atoms with Crippen LogP contribution in [0, 0.1) is 0 Å². The lowest BCUT2D eigenvalue weighted by Gasteiger charge is -2.12. The fourth-order valence-electron chi connectivity index (χ4n) is 3.74. The molecule has 9 heteroatoms. The number of hydrogen-bond donors (Lipinski definition) is 1. The van der Waals surface area contributed by atoms with Crippen LogP contribution in [0.25, 0.3) is 22.3 Å². The second-order valence-corrected chi connectivity index (χ2v) is 7.59. The van der Waals surface area contributed by atoms with Gasteiger partial charge in [-0.05, 0) is 60.7 Å². The standard InChI is InChI=1S/C27H23NO8/c1-32-17-8-5-15(6-9-17)24-23(20-14-18(33-2)10-12-22(20)36-24)25(29)28-21-13-16(26(30)34-3)7-11-19(21)27(31)35-4/h5-14H,1-4H3,(H,28,29). The van der Waals surface area contributed by atoms with Crippen molar-refractivity contribution in [1.29, 1.82) is 0 Å². The second-order valence-electron chi connectivity index (χ2n) is 7.59. The van der Waals surface area contributed by atoms with Crippen LogP contribution in [0.4, 0.5) is 5.69 Å². The third-order valence-corrected chi connectivity index (χ3v) is 5.57. The SMILES string of the molecule is COC(=O)c1ccc(C(=O)OC)c(NC(=O)c2c(-c3ccc(OC)cc3)oc3ccc(OC)cc23)c1. The average Bonchev–Trinajstić information content (AvgIpc) is 3.30. The summed E-state index contributed by atoms with van der Waals surface area (Å²) in [6, 6.07) is 16.3. The predicted molar refractivity (Wildman–Crippen MR) is 132 cm³/mol. The van der Waals surface area contributed by atoms with Gasteiger partial charge in [0.2, 0.25) is 0 Å². The molecule has 0 atom stereocenters. The number of ether oxygens (including phenoxy) is 4. The van der Waals surface area contributed by atoms with Crippen LogP contribution in [-0.4, -0.2) is 46.3 Å². The monoisotopic (exact) mass is 489 g/mol. The van der Waals surface area contributed by atoms with Gasteiger partial charge in [0, 0.05) is 10.9 Å². The molecule has 1 amide bonds. The number of fused-ring (bicyclic) bond motifs is 1. The molecule has 0 aliphatic heterocycles.